The Labute approximate surface area is 111 Å². The fourth-order valence-electron chi connectivity index (χ4n) is 2.59. The SMILES string of the molecule is CC(Nc1ncnc2c1CCC2)c1ccccc1F. The highest BCUT2D eigenvalue weighted by atomic mass is 19.1. The lowest BCUT2D eigenvalue weighted by atomic mass is 10.1. The number of halogens is 1. The Bertz CT molecular complexity index is 598. The van der Waals surface area contributed by atoms with Crippen LogP contribution in [0.5, 0.6) is 0 Å². The van der Waals surface area contributed by atoms with Crippen LogP contribution in [0.2, 0.25) is 0 Å². The largest absolute Gasteiger partial charge is 0.363 e. The first-order valence-corrected chi connectivity index (χ1v) is 6.59. The molecule has 3 nitrogen and oxygen atoms in total. The maximum Gasteiger partial charge on any atom is 0.133 e. The number of benzene rings is 1. The zero-order valence-corrected chi connectivity index (χ0v) is 10.9. The molecule has 1 atom stereocenters. The lowest BCUT2D eigenvalue weighted by Gasteiger charge is -2.17. The molecule has 1 aliphatic carbocycles. The third-order valence-corrected chi connectivity index (χ3v) is 3.60. The van der Waals surface area contributed by atoms with E-state index in [0.29, 0.717) is 5.56 Å². The lowest BCUT2D eigenvalue weighted by molar-refractivity contribution is 0.600. The molecule has 0 bridgehead atoms. The van der Waals surface area contributed by atoms with Crippen molar-refractivity contribution >= 4 is 5.82 Å². The second-order valence-electron chi connectivity index (χ2n) is 4.89. The van der Waals surface area contributed by atoms with E-state index in [1.807, 2.05) is 13.0 Å². The standard InChI is InChI=1S/C15H16FN3/c1-10(11-5-2-3-7-13(11)16)19-15-12-6-4-8-14(12)17-9-18-15/h2-3,5,7,9-10H,4,6,8H2,1H3,(H,17,18,19). The molecule has 19 heavy (non-hydrogen) atoms. The van der Waals surface area contributed by atoms with Gasteiger partial charge in [0.1, 0.15) is 18.0 Å². The fourth-order valence-corrected chi connectivity index (χ4v) is 2.59. The quantitative estimate of drug-likeness (QED) is 0.917. The maximum atomic E-state index is 13.7. The Balaban J connectivity index is 1.86. The predicted octanol–water partition coefficient (Wildman–Crippen LogP) is 3.28. The normalized spacial score (nSPS) is 15.1. The molecule has 3 rings (SSSR count). The molecular formula is C15H16FN3. The molecule has 0 fully saturated rings. The van der Waals surface area contributed by atoms with Crippen LogP contribution in [0.4, 0.5) is 10.2 Å². The van der Waals surface area contributed by atoms with Crippen LogP contribution in [-0.4, -0.2) is 9.97 Å². The van der Waals surface area contributed by atoms with Crippen LogP contribution in [0.15, 0.2) is 30.6 Å². The summed E-state index contributed by atoms with van der Waals surface area (Å²) in [6, 6.07) is 6.72. The summed E-state index contributed by atoms with van der Waals surface area (Å²) < 4.78 is 13.7. The zero-order chi connectivity index (χ0) is 13.2. The highest BCUT2D eigenvalue weighted by molar-refractivity contribution is 5.49. The molecule has 0 spiro atoms. The van der Waals surface area contributed by atoms with Gasteiger partial charge in [-0.1, -0.05) is 18.2 Å². The molecule has 0 amide bonds. The van der Waals surface area contributed by atoms with Crippen molar-refractivity contribution < 1.29 is 4.39 Å². The third kappa shape index (κ3) is 2.30. The van der Waals surface area contributed by atoms with E-state index in [2.05, 4.69) is 15.3 Å². The van der Waals surface area contributed by atoms with Gasteiger partial charge in [-0.2, -0.15) is 0 Å². The topological polar surface area (TPSA) is 37.8 Å². The summed E-state index contributed by atoms with van der Waals surface area (Å²) in [6.07, 6.45) is 4.72. The molecule has 1 heterocycles. The van der Waals surface area contributed by atoms with E-state index in [1.54, 1.807) is 18.5 Å². The monoisotopic (exact) mass is 257 g/mol. The summed E-state index contributed by atoms with van der Waals surface area (Å²) in [6.45, 7) is 1.95. The number of hydrogen-bond donors (Lipinski definition) is 1. The first-order valence-electron chi connectivity index (χ1n) is 6.59. The Kier molecular flexibility index (Phi) is 3.15. The second kappa shape index (κ2) is 4.96. The zero-order valence-electron chi connectivity index (χ0n) is 10.9. The Hall–Kier alpha value is -1.97. The number of hydrogen-bond acceptors (Lipinski definition) is 3. The van der Waals surface area contributed by atoms with Crippen LogP contribution in [0, 0.1) is 5.82 Å². The molecule has 0 aliphatic heterocycles. The Morgan fingerprint density at radius 3 is 2.89 bits per heavy atom. The minimum Gasteiger partial charge on any atom is -0.363 e. The summed E-state index contributed by atoms with van der Waals surface area (Å²) in [5.74, 6) is 0.659. The molecule has 2 aromatic rings. The van der Waals surface area contributed by atoms with Crippen LogP contribution in [0.1, 0.15) is 36.2 Å². The molecule has 1 aromatic carbocycles. The molecule has 4 heteroatoms. The van der Waals surface area contributed by atoms with Gasteiger partial charge in [-0.05, 0) is 32.3 Å². The van der Waals surface area contributed by atoms with Crippen LogP contribution in [0.3, 0.4) is 0 Å². The molecular weight excluding hydrogens is 241 g/mol. The third-order valence-electron chi connectivity index (χ3n) is 3.60. The van der Waals surface area contributed by atoms with E-state index >= 15 is 0 Å². The van der Waals surface area contributed by atoms with Crippen LogP contribution >= 0.6 is 0 Å². The molecule has 0 saturated carbocycles. The molecule has 98 valence electrons. The van der Waals surface area contributed by atoms with Crippen molar-refractivity contribution in [3.63, 3.8) is 0 Å². The number of anilines is 1. The van der Waals surface area contributed by atoms with Crippen molar-refractivity contribution in [2.75, 3.05) is 5.32 Å². The van der Waals surface area contributed by atoms with Gasteiger partial charge >= 0.3 is 0 Å². The van der Waals surface area contributed by atoms with Crippen LogP contribution in [-0.2, 0) is 12.8 Å². The average Bonchev–Trinajstić information content (AvgIpc) is 2.88. The summed E-state index contributed by atoms with van der Waals surface area (Å²) in [5.41, 5.74) is 2.97. The predicted molar refractivity (Wildman–Crippen MR) is 72.5 cm³/mol. The average molecular weight is 257 g/mol. The molecule has 0 saturated heterocycles. The molecule has 1 aliphatic rings. The molecule has 0 radical (unpaired) electrons. The number of nitrogens with one attached hydrogen (secondary N) is 1. The van der Waals surface area contributed by atoms with E-state index in [4.69, 9.17) is 0 Å². The Morgan fingerprint density at radius 1 is 1.21 bits per heavy atom. The maximum absolute atomic E-state index is 13.7. The molecule has 1 aromatic heterocycles. The van der Waals surface area contributed by atoms with Crippen molar-refractivity contribution in [3.05, 3.63) is 53.2 Å². The van der Waals surface area contributed by atoms with Gasteiger partial charge < -0.3 is 5.32 Å². The number of aryl methyl sites for hydroxylation is 1. The number of rotatable bonds is 3. The minimum atomic E-state index is -0.187. The minimum absolute atomic E-state index is 0.110. The number of aromatic nitrogens is 2. The van der Waals surface area contributed by atoms with Crippen molar-refractivity contribution in [1.29, 1.82) is 0 Å². The van der Waals surface area contributed by atoms with Gasteiger partial charge in [0.2, 0.25) is 0 Å². The highest BCUT2D eigenvalue weighted by Gasteiger charge is 2.19. The van der Waals surface area contributed by atoms with Gasteiger partial charge in [0, 0.05) is 16.8 Å². The smallest absolute Gasteiger partial charge is 0.133 e. The summed E-state index contributed by atoms with van der Waals surface area (Å²) in [7, 11) is 0. The van der Waals surface area contributed by atoms with Crippen molar-refractivity contribution in [1.82, 2.24) is 9.97 Å². The van der Waals surface area contributed by atoms with Crippen LogP contribution in [0.25, 0.3) is 0 Å². The Morgan fingerprint density at radius 2 is 2.05 bits per heavy atom. The van der Waals surface area contributed by atoms with Crippen molar-refractivity contribution in [2.45, 2.75) is 32.2 Å². The van der Waals surface area contributed by atoms with E-state index in [-0.39, 0.29) is 11.9 Å². The van der Waals surface area contributed by atoms with E-state index in [1.165, 1.54) is 11.6 Å². The highest BCUT2D eigenvalue weighted by Crippen LogP contribution is 2.28. The number of fused-ring (bicyclic) bond motifs is 1. The molecule has 1 unspecified atom stereocenters. The lowest BCUT2D eigenvalue weighted by Crippen LogP contribution is -2.11. The van der Waals surface area contributed by atoms with Gasteiger partial charge in [0.05, 0.1) is 6.04 Å². The molecule has 1 N–H and O–H groups in total. The van der Waals surface area contributed by atoms with Gasteiger partial charge in [0.15, 0.2) is 0 Å². The van der Waals surface area contributed by atoms with E-state index in [0.717, 1.165) is 30.8 Å². The van der Waals surface area contributed by atoms with Crippen LogP contribution < -0.4 is 5.32 Å². The van der Waals surface area contributed by atoms with E-state index in [9.17, 15) is 4.39 Å². The summed E-state index contributed by atoms with van der Waals surface area (Å²) in [5, 5.41) is 3.31. The first-order chi connectivity index (χ1) is 9.25. The van der Waals surface area contributed by atoms with Crippen molar-refractivity contribution in [3.8, 4) is 0 Å². The van der Waals surface area contributed by atoms with Gasteiger partial charge in [-0.15, -0.1) is 0 Å². The fraction of sp³-hybridized carbons (Fsp3) is 0.333. The van der Waals surface area contributed by atoms with Gasteiger partial charge in [-0.3, -0.25) is 0 Å². The summed E-state index contributed by atoms with van der Waals surface area (Å²) >= 11 is 0. The van der Waals surface area contributed by atoms with Crippen molar-refractivity contribution in [2.24, 2.45) is 0 Å². The summed E-state index contributed by atoms with van der Waals surface area (Å²) in [4.78, 5) is 8.59. The van der Waals surface area contributed by atoms with Gasteiger partial charge in [0.25, 0.3) is 0 Å². The van der Waals surface area contributed by atoms with E-state index < -0.39 is 0 Å². The first kappa shape index (κ1) is 12.1. The number of nitrogens with zero attached hydrogens (tertiary/aromatic N) is 2. The van der Waals surface area contributed by atoms with Gasteiger partial charge in [-0.25, -0.2) is 14.4 Å². The second-order valence-corrected chi connectivity index (χ2v) is 4.89.